The van der Waals surface area contributed by atoms with E-state index in [-0.39, 0.29) is 6.10 Å². The van der Waals surface area contributed by atoms with Gasteiger partial charge in [0.2, 0.25) is 0 Å². The summed E-state index contributed by atoms with van der Waals surface area (Å²) in [7, 11) is 1.70. The molecule has 0 radical (unpaired) electrons. The molecule has 0 bridgehead atoms. The maximum atomic E-state index is 9.46. The Kier molecular flexibility index (Phi) is 6.19. The first kappa shape index (κ1) is 14.2. The molecule has 96 valence electrons. The van der Waals surface area contributed by atoms with Crippen molar-refractivity contribution in [1.29, 1.82) is 0 Å². The summed E-state index contributed by atoms with van der Waals surface area (Å²) in [4.78, 5) is 2.21. The zero-order valence-electron chi connectivity index (χ0n) is 11.0. The van der Waals surface area contributed by atoms with Gasteiger partial charge in [0.1, 0.15) is 0 Å². The van der Waals surface area contributed by atoms with Crippen molar-refractivity contribution in [2.24, 2.45) is 0 Å². The number of methoxy groups -OCH3 is 1. The Labute approximate surface area is 104 Å². The van der Waals surface area contributed by atoms with Gasteiger partial charge in [-0.3, -0.25) is 4.90 Å². The van der Waals surface area contributed by atoms with E-state index in [9.17, 15) is 5.11 Å². The van der Waals surface area contributed by atoms with Gasteiger partial charge >= 0.3 is 0 Å². The Morgan fingerprint density at radius 2 is 1.94 bits per heavy atom. The lowest BCUT2D eigenvalue weighted by Crippen LogP contribution is -2.33. The van der Waals surface area contributed by atoms with Crippen molar-refractivity contribution in [3.63, 3.8) is 0 Å². The number of rotatable bonds is 7. The molecule has 1 aromatic carbocycles. The number of nitrogens with zero attached hydrogens (tertiary/aromatic N) is 1. The van der Waals surface area contributed by atoms with Crippen molar-refractivity contribution < 1.29 is 9.84 Å². The highest BCUT2D eigenvalue weighted by atomic mass is 16.5. The lowest BCUT2D eigenvalue weighted by Gasteiger charge is -2.23. The van der Waals surface area contributed by atoms with Crippen LogP contribution in [0.25, 0.3) is 0 Å². The predicted molar refractivity (Wildman–Crippen MR) is 70.0 cm³/mol. The van der Waals surface area contributed by atoms with Crippen LogP contribution in [0.3, 0.4) is 0 Å². The third-order valence-electron chi connectivity index (χ3n) is 2.66. The Bertz CT molecular complexity index is 309. The number of aliphatic hydroxyl groups is 1. The van der Waals surface area contributed by atoms with Crippen LogP contribution in [0.4, 0.5) is 0 Å². The van der Waals surface area contributed by atoms with Gasteiger partial charge in [-0.2, -0.15) is 0 Å². The molecule has 0 heterocycles. The molecule has 0 aliphatic carbocycles. The summed E-state index contributed by atoms with van der Waals surface area (Å²) in [5.41, 5.74) is 2.54. The molecule has 1 rings (SSSR count). The van der Waals surface area contributed by atoms with E-state index in [2.05, 4.69) is 36.1 Å². The summed E-state index contributed by atoms with van der Waals surface area (Å²) in [6, 6.07) is 8.51. The molecule has 0 spiro atoms. The van der Waals surface area contributed by atoms with Crippen LogP contribution < -0.4 is 0 Å². The molecule has 3 heteroatoms. The molecule has 0 aromatic heterocycles. The van der Waals surface area contributed by atoms with Gasteiger partial charge in [0.05, 0.1) is 12.7 Å². The Balaban J connectivity index is 2.54. The van der Waals surface area contributed by atoms with Gasteiger partial charge < -0.3 is 9.84 Å². The smallest absolute Gasteiger partial charge is 0.0639 e. The van der Waals surface area contributed by atoms with Crippen molar-refractivity contribution in [2.75, 3.05) is 26.8 Å². The van der Waals surface area contributed by atoms with Gasteiger partial charge in [-0.05, 0) is 19.4 Å². The zero-order chi connectivity index (χ0) is 12.7. The molecule has 1 aromatic rings. The van der Waals surface area contributed by atoms with Crippen molar-refractivity contribution in [3.05, 3.63) is 35.4 Å². The number of hydrogen-bond donors (Lipinski definition) is 1. The first-order chi connectivity index (χ1) is 8.11. The summed E-state index contributed by atoms with van der Waals surface area (Å²) >= 11 is 0. The number of aliphatic hydroxyl groups excluding tert-OH is 1. The van der Waals surface area contributed by atoms with Crippen LogP contribution in [0.2, 0.25) is 0 Å². The van der Waals surface area contributed by atoms with Crippen molar-refractivity contribution >= 4 is 0 Å². The normalized spacial score (nSPS) is 13.0. The van der Waals surface area contributed by atoms with E-state index in [1.54, 1.807) is 7.11 Å². The third-order valence-corrected chi connectivity index (χ3v) is 2.66. The quantitative estimate of drug-likeness (QED) is 0.785. The predicted octanol–water partition coefficient (Wildman–Crippen LogP) is 1.82. The molecule has 0 saturated carbocycles. The second kappa shape index (κ2) is 7.43. The Morgan fingerprint density at radius 3 is 2.47 bits per heavy atom. The van der Waals surface area contributed by atoms with E-state index in [1.807, 2.05) is 6.92 Å². The highest BCUT2D eigenvalue weighted by Crippen LogP contribution is 2.07. The average molecular weight is 237 g/mol. The topological polar surface area (TPSA) is 32.7 Å². The van der Waals surface area contributed by atoms with E-state index in [1.165, 1.54) is 11.1 Å². The summed E-state index contributed by atoms with van der Waals surface area (Å²) in [6.07, 6.45) is -0.308. The molecule has 1 unspecified atom stereocenters. The van der Waals surface area contributed by atoms with Gasteiger partial charge in [0.15, 0.2) is 0 Å². The first-order valence-corrected chi connectivity index (χ1v) is 6.06. The van der Waals surface area contributed by atoms with Gasteiger partial charge in [-0.15, -0.1) is 0 Å². The fraction of sp³-hybridized carbons (Fsp3) is 0.571. The fourth-order valence-electron chi connectivity index (χ4n) is 1.78. The minimum atomic E-state index is -0.308. The van der Waals surface area contributed by atoms with E-state index in [0.29, 0.717) is 13.2 Å². The molecule has 0 amide bonds. The Hall–Kier alpha value is -0.900. The van der Waals surface area contributed by atoms with Crippen molar-refractivity contribution in [3.8, 4) is 0 Å². The van der Waals surface area contributed by atoms with Crippen LogP contribution in [0.15, 0.2) is 24.3 Å². The molecule has 0 aliphatic rings. The minimum Gasteiger partial charge on any atom is -0.392 e. The van der Waals surface area contributed by atoms with E-state index < -0.39 is 0 Å². The van der Waals surface area contributed by atoms with E-state index in [4.69, 9.17) is 4.74 Å². The monoisotopic (exact) mass is 237 g/mol. The number of hydrogen-bond acceptors (Lipinski definition) is 3. The summed E-state index contributed by atoms with van der Waals surface area (Å²) in [6.45, 7) is 6.97. The average Bonchev–Trinajstić information content (AvgIpc) is 2.28. The van der Waals surface area contributed by atoms with Crippen LogP contribution in [0, 0.1) is 6.92 Å². The fourth-order valence-corrected chi connectivity index (χ4v) is 1.78. The SMILES string of the molecule is COCCN(Cc1ccc(C)cc1)CC(C)O. The highest BCUT2D eigenvalue weighted by Gasteiger charge is 2.08. The maximum Gasteiger partial charge on any atom is 0.0639 e. The van der Waals surface area contributed by atoms with Crippen LogP contribution in [0.5, 0.6) is 0 Å². The van der Waals surface area contributed by atoms with Crippen LogP contribution >= 0.6 is 0 Å². The Morgan fingerprint density at radius 1 is 1.29 bits per heavy atom. The number of benzene rings is 1. The van der Waals surface area contributed by atoms with Gasteiger partial charge in [0, 0.05) is 26.7 Å². The molecule has 1 N–H and O–H groups in total. The third kappa shape index (κ3) is 5.82. The lowest BCUT2D eigenvalue weighted by molar-refractivity contribution is 0.0940. The molecule has 0 aliphatic heterocycles. The molecule has 1 atom stereocenters. The lowest BCUT2D eigenvalue weighted by atomic mass is 10.1. The van der Waals surface area contributed by atoms with E-state index >= 15 is 0 Å². The molecular weight excluding hydrogens is 214 g/mol. The van der Waals surface area contributed by atoms with Gasteiger partial charge in [-0.25, -0.2) is 0 Å². The van der Waals surface area contributed by atoms with Crippen LogP contribution in [0.1, 0.15) is 18.1 Å². The summed E-state index contributed by atoms with van der Waals surface area (Å²) in [5.74, 6) is 0. The van der Waals surface area contributed by atoms with Gasteiger partial charge in [-0.1, -0.05) is 29.8 Å². The number of ether oxygens (including phenoxy) is 1. The summed E-state index contributed by atoms with van der Waals surface area (Å²) in [5, 5.41) is 9.46. The second-order valence-corrected chi connectivity index (χ2v) is 4.56. The maximum absolute atomic E-state index is 9.46. The van der Waals surface area contributed by atoms with Crippen LogP contribution in [-0.4, -0.2) is 42.9 Å². The van der Waals surface area contributed by atoms with Crippen molar-refractivity contribution in [2.45, 2.75) is 26.5 Å². The van der Waals surface area contributed by atoms with Crippen molar-refractivity contribution in [1.82, 2.24) is 4.90 Å². The minimum absolute atomic E-state index is 0.308. The largest absolute Gasteiger partial charge is 0.392 e. The van der Waals surface area contributed by atoms with Gasteiger partial charge in [0.25, 0.3) is 0 Å². The molecule has 0 fully saturated rings. The molecular formula is C14H23NO2. The summed E-state index contributed by atoms with van der Waals surface area (Å²) < 4.78 is 5.09. The highest BCUT2D eigenvalue weighted by molar-refractivity contribution is 5.21. The standard InChI is InChI=1S/C14H23NO2/c1-12-4-6-14(7-5-12)11-15(8-9-17-3)10-13(2)16/h4-7,13,16H,8-11H2,1-3H3. The molecule has 0 saturated heterocycles. The van der Waals surface area contributed by atoms with E-state index in [0.717, 1.165) is 13.1 Å². The number of aryl methyl sites for hydroxylation is 1. The molecule has 17 heavy (non-hydrogen) atoms. The second-order valence-electron chi connectivity index (χ2n) is 4.56. The zero-order valence-corrected chi connectivity index (χ0v) is 11.0. The molecule has 3 nitrogen and oxygen atoms in total. The van der Waals surface area contributed by atoms with Crippen LogP contribution in [-0.2, 0) is 11.3 Å². The first-order valence-electron chi connectivity index (χ1n) is 6.06.